The van der Waals surface area contributed by atoms with E-state index in [-0.39, 0.29) is 5.91 Å². The molecule has 2 aromatic carbocycles. The van der Waals surface area contributed by atoms with E-state index < -0.39 is 0 Å². The molecule has 1 aromatic heterocycles. The van der Waals surface area contributed by atoms with Gasteiger partial charge >= 0.3 is 0 Å². The van der Waals surface area contributed by atoms with Gasteiger partial charge in [-0.15, -0.1) is 0 Å². The van der Waals surface area contributed by atoms with Crippen molar-refractivity contribution in [1.82, 2.24) is 19.6 Å². The molecule has 1 aliphatic carbocycles. The quantitative estimate of drug-likeness (QED) is 0.384. The summed E-state index contributed by atoms with van der Waals surface area (Å²) in [6, 6.07) is 21.2. The molecule has 2 aliphatic heterocycles. The molecule has 39 heavy (non-hydrogen) atoms. The van der Waals surface area contributed by atoms with E-state index in [0.717, 1.165) is 57.5 Å². The normalized spacial score (nSPS) is 21.2. The summed E-state index contributed by atoms with van der Waals surface area (Å²) in [6.45, 7) is 4.53. The predicted molar refractivity (Wildman–Crippen MR) is 152 cm³/mol. The summed E-state index contributed by atoms with van der Waals surface area (Å²) in [7, 11) is 0. The third-order valence-corrected chi connectivity index (χ3v) is 9.19. The van der Waals surface area contributed by atoms with E-state index in [1.807, 2.05) is 18.3 Å². The van der Waals surface area contributed by atoms with Gasteiger partial charge in [-0.2, -0.15) is 10.4 Å². The number of nitrogens with zero attached hydrogens (tertiary/aromatic N) is 5. The maximum atomic E-state index is 14.0. The molecule has 1 atom stereocenters. The molecule has 2 saturated heterocycles. The minimum atomic E-state index is 0.172. The Hall–Kier alpha value is -3.43. The summed E-state index contributed by atoms with van der Waals surface area (Å²) in [6.07, 6.45) is 11.1. The molecule has 3 aliphatic rings. The number of hydrogen-bond acceptors (Lipinski definition) is 4. The number of benzene rings is 2. The van der Waals surface area contributed by atoms with E-state index in [0.29, 0.717) is 23.4 Å². The van der Waals surface area contributed by atoms with Crippen molar-refractivity contribution in [3.05, 3.63) is 88.7 Å². The van der Waals surface area contributed by atoms with Gasteiger partial charge in [0.2, 0.25) is 0 Å². The van der Waals surface area contributed by atoms with Crippen molar-refractivity contribution in [3.8, 4) is 6.07 Å². The molecule has 0 radical (unpaired) electrons. The second-order valence-corrected chi connectivity index (χ2v) is 11.7. The van der Waals surface area contributed by atoms with Gasteiger partial charge in [0.25, 0.3) is 5.91 Å². The minimum absolute atomic E-state index is 0.172. The van der Waals surface area contributed by atoms with E-state index >= 15 is 0 Å². The van der Waals surface area contributed by atoms with E-state index in [4.69, 9.17) is 10.4 Å². The lowest BCUT2D eigenvalue weighted by molar-refractivity contribution is 0.0787. The fourth-order valence-corrected chi connectivity index (χ4v) is 6.98. The smallest absolute Gasteiger partial charge is 0.257 e. The molecule has 0 N–H and O–H groups in total. The number of carbonyl (C=O) groups is 1. The Bertz CT molecular complexity index is 1290. The highest BCUT2D eigenvalue weighted by molar-refractivity contribution is 5.95. The van der Waals surface area contributed by atoms with Crippen LogP contribution < -0.4 is 0 Å². The lowest BCUT2D eigenvalue weighted by Gasteiger charge is -2.34. The first-order valence-corrected chi connectivity index (χ1v) is 14.8. The Kier molecular flexibility index (Phi) is 7.78. The zero-order valence-electron chi connectivity index (χ0n) is 22.8. The molecule has 0 bridgehead atoms. The lowest BCUT2D eigenvalue weighted by atomic mass is 9.89. The number of carbonyl (C=O) groups excluding carboxylic acids is 1. The predicted octanol–water partition coefficient (Wildman–Crippen LogP) is 6.27. The van der Waals surface area contributed by atoms with E-state index in [9.17, 15) is 4.79 Å². The summed E-state index contributed by atoms with van der Waals surface area (Å²) in [5.41, 5.74) is 5.34. The molecule has 6 heteroatoms. The molecular weight excluding hydrogens is 482 g/mol. The molecule has 1 saturated carbocycles. The standard InChI is InChI=1S/C33H39N5O/c34-21-25-11-13-26(14-12-25)23-36-18-15-28(16-19-36)32-31(22-35-38(32)30-9-5-2-6-10-30)33(39)37-20-17-29(24-37)27-7-3-1-4-8-27/h1,3-4,7-8,11-14,22,28-30H,2,5-6,9-10,15-20,23-24H2. The number of hydrogen-bond donors (Lipinski definition) is 0. The summed E-state index contributed by atoms with van der Waals surface area (Å²) < 4.78 is 2.28. The third kappa shape index (κ3) is 5.65. The first kappa shape index (κ1) is 25.8. The van der Waals surface area contributed by atoms with Crippen molar-refractivity contribution >= 4 is 5.91 Å². The Morgan fingerprint density at radius 2 is 1.59 bits per heavy atom. The van der Waals surface area contributed by atoms with Gasteiger partial charge in [0.1, 0.15) is 0 Å². The zero-order valence-corrected chi connectivity index (χ0v) is 22.8. The average Bonchev–Trinajstić information content (AvgIpc) is 3.67. The SMILES string of the molecule is N#Cc1ccc(CN2CCC(c3c(C(=O)N4CCC(c5ccccc5)C4)cnn3C3CCCCC3)CC2)cc1. The first-order valence-electron chi connectivity index (χ1n) is 14.8. The number of nitriles is 1. The molecule has 0 spiro atoms. The Labute approximate surface area is 232 Å². The Morgan fingerprint density at radius 3 is 2.31 bits per heavy atom. The second kappa shape index (κ2) is 11.8. The van der Waals surface area contributed by atoms with Crippen LogP contribution in [0.15, 0.2) is 60.8 Å². The molecule has 202 valence electrons. The molecule has 1 unspecified atom stereocenters. The summed E-state index contributed by atoms with van der Waals surface area (Å²) >= 11 is 0. The van der Waals surface area contributed by atoms with E-state index in [1.54, 1.807) is 0 Å². The molecule has 3 fully saturated rings. The number of amides is 1. The van der Waals surface area contributed by atoms with Gasteiger partial charge in [0.05, 0.1) is 35.1 Å². The van der Waals surface area contributed by atoms with Gasteiger partial charge in [-0.3, -0.25) is 14.4 Å². The highest BCUT2D eigenvalue weighted by atomic mass is 16.2. The van der Waals surface area contributed by atoms with Gasteiger partial charge in [0.15, 0.2) is 0 Å². The van der Waals surface area contributed by atoms with Crippen LogP contribution in [0.5, 0.6) is 0 Å². The third-order valence-electron chi connectivity index (χ3n) is 9.19. The number of aromatic nitrogens is 2. The Balaban J connectivity index is 1.19. The van der Waals surface area contributed by atoms with Crippen LogP contribution >= 0.6 is 0 Å². The fraction of sp³-hybridized carbons (Fsp3) is 0.485. The molecule has 3 aromatic rings. The first-order chi connectivity index (χ1) is 19.2. The van der Waals surface area contributed by atoms with Gasteiger partial charge in [-0.05, 0) is 68.5 Å². The van der Waals surface area contributed by atoms with E-state index in [2.05, 4.69) is 63.0 Å². The van der Waals surface area contributed by atoms with Crippen LogP contribution in [0, 0.1) is 11.3 Å². The fourth-order valence-electron chi connectivity index (χ4n) is 6.98. The van der Waals surface area contributed by atoms with Gasteiger partial charge in [-0.1, -0.05) is 61.7 Å². The van der Waals surface area contributed by atoms with Crippen LogP contribution in [0.2, 0.25) is 0 Å². The molecule has 6 nitrogen and oxygen atoms in total. The van der Waals surface area contributed by atoms with Crippen LogP contribution in [-0.4, -0.2) is 51.7 Å². The average molecular weight is 522 g/mol. The molecular formula is C33H39N5O. The van der Waals surface area contributed by atoms with Crippen LogP contribution in [0.3, 0.4) is 0 Å². The van der Waals surface area contributed by atoms with Crippen molar-refractivity contribution in [3.63, 3.8) is 0 Å². The van der Waals surface area contributed by atoms with Crippen LogP contribution in [0.4, 0.5) is 0 Å². The maximum absolute atomic E-state index is 14.0. The highest BCUT2D eigenvalue weighted by Crippen LogP contribution is 2.37. The monoisotopic (exact) mass is 521 g/mol. The number of piperidine rings is 1. The lowest BCUT2D eigenvalue weighted by Crippen LogP contribution is -2.35. The summed E-state index contributed by atoms with van der Waals surface area (Å²) in [4.78, 5) is 18.6. The van der Waals surface area contributed by atoms with Crippen LogP contribution in [-0.2, 0) is 6.54 Å². The summed E-state index contributed by atoms with van der Waals surface area (Å²) in [5.74, 6) is 0.945. The number of likely N-dealkylation sites (tertiary alicyclic amines) is 2. The molecule has 6 rings (SSSR count). The van der Waals surface area contributed by atoms with Crippen molar-refractivity contribution in [1.29, 1.82) is 5.26 Å². The largest absolute Gasteiger partial charge is 0.338 e. The second-order valence-electron chi connectivity index (χ2n) is 11.7. The Morgan fingerprint density at radius 1 is 0.872 bits per heavy atom. The van der Waals surface area contributed by atoms with Crippen molar-refractivity contribution in [2.75, 3.05) is 26.2 Å². The van der Waals surface area contributed by atoms with Crippen LogP contribution in [0.1, 0.15) is 102 Å². The molecule has 3 heterocycles. The van der Waals surface area contributed by atoms with Crippen molar-refractivity contribution in [2.24, 2.45) is 0 Å². The van der Waals surface area contributed by atoms with Crippen LogP contribution in [0.25, 0.3) is 0 Å². The van der Waals surface area contributed by atoms with Crippen molar-refractivity contribution < 1.29 is 4.79 Å². The topological polar surface area (TPSA) is 65.2 Å². The number of rotatable bonds is 6. The maximum Gasteiger partial charge on any atom is 0.257 e. The highest BCUT2D eigenvalue weighted by Gasteiger charge is 2.35. The summed E-state index contributed by atoms with van der Waals surface area (Å²) in [5, 5.41) is 14.0. The van der Waals surface area contributed by atoms with Gasteiger partial charge in [-0.25, -0.2) is 0 Å². The van der Waals surface area contributed by atoms with E-state index in [1.165, 1.54) is 48.9 Å². The van der Waals surface area contributed by atoms with Gasteiger partial charge in [0, 0.05) is 31.5 Å². The molecule has 1 amide bonds. The van der Waals surface area contributed by atoms with Gasteiger partial charge < -0.3 is 4.90 Å². The van der Waals surface area contributed by atoms with Crippen molar-refractivity contribution in [2.45, 2.75) is 75.8 Å². The minimum Gasteiger partial charge on any atom is -0.338 e. The zero-order chi connectivity index (χ0) is 26.6.